The minimum Gasteiger partial charge on any atom is -0.381 e. The van der Waals surface area contributed by atoms with Crippen molar-refractivity contribution in [2.75, 3.05) is 11.9 Å². The van der Waals surface area contributed by atoms with Crippen LogP contribution in [0.15, 0.2) is 27.6 Å². The second kappa shape index (κ2) is 2.77. The number of rotatable bonds is 0. The highest BCUT2D eigenvalue weighted by atomic mass is 79.9. The predicted octanol–water partition coefficient (Wildman–Crippen LogP) is 2.18. The van der Waals surface area contributed by atoms with E-state index in [2.05, 4.69) is 21.2 Å². The average Bonchev–Trinajstić information content (AvgIpc) is 2.95. The SMILES string of the molecule is O=S1(=O)c2cccc(Br)c2NCC12CC2. The number of nitrogens with one attached hydrogen (secondary N) is 1. The van der Waals surface area contributed by atoms with Crippen molar-refractivity contribution in [2.45, 2.75) is 22.5 Å². The van der Waals surface area contributed by atoms with Crippen LogP contribution in [-0.4, -0.2) is 19.7 Å². The predicted molar refractivity (Wildman–Crippen MR) is 61.8 cm³/mol. The molecule has 0 saturated heterocycles. The summed E-state index contributed by atoms with van der Waals surface area (Å²) < 4.78 is 24.9. The van der Waals surface area contributed by atoms with Gasteiger partial charge in [-0.15, -0.1) is 0 Å². The Bertz CT molecular complexity index is 534. The summed E-state index contributed by atoms with van der Waals surface area (Å²) in [6.45, 7) is 0.547. The van der Waals surface area contributed by atoms with Crippen molar-refractivity contribution in [2.24, 2.45) is 0 Å². The van der Waals surface area contributed by atoms with E-state index in [9.17, 15) is 8.42 Å². The Hall–Kier alpha value is -0.550. The fourth-order valence-electron chi connectivity index (χ4n) is 2.06. The highest BCUT2D eigenvalue weighted by molar-refractivity contribution is 9.10. The smallest absolute Gasteiger partial charge is 0.187 e. The summed E-state index contributed by atoms with van der Waals surface area (Å²) in [6, 6.07) is 5.30. The zero-order valence-corrected chi connectivity index (χ0v) is 10.4. The van der Waals surface area contributed by atoms with Crippen molar-refractivity contribution < 1.29 is 8.42 Å². The molecular weight excluding hydrogens is 278 g/mol. The third-order valence-corrected chi connectivity index (χ3v) is 6.50. The third-order valence-electron chi connectivity index (χ3n) is 3.23. The van der Waals surface area contributed by atoms with Crippen LogP contribution in [0.2, 0.25) is 0 Å². The lowest BCUT2D eigenvalue weighted by Crippen LogP contribution is -2.36. The molecule has 1 heterocycles. The molecule has 0 atom stereocenters. The van der Waals surface area contributed by atoms with Gasteiger partial charge in [0.25, 0.3) is 0 Å². The van der Waals surface area contributed by atoms with Crippen molar-refractivity contribution in [3.8, 4) is 0 Å². The van der Waals surface area contributed by atoms with Gasteiger partial charge in [-0.2, -0.15) is 0 Å². The topological polar surface area (TPSA) is 46.2 Å². The molecule has 2 aliphatic rings. The first-order valence-corrected chi connectivity index (χ1v) is 7.11. The maximum Gasteiger partial charge on any atom is 0.187 e. The zero-order valence-electron chi connectivity index (χ0n) is 7.96. The van der Waals surface area contributed by atoms with Crippen molar-refractivity contribution in [1.82, 2.24) is 0 Å². The number of benzene rings is 1. The monoisotopic (exact) mass is 287 g/mol. The Morgan fingerprint density at radius 2 is 2.07 bits per heavy atom. The lowest BCUT2D eigenvalue weighted by Gasteiger charge is -2.26. The molecule has 1 aliphatic heterocycles. The van der Waals surface area contributed by atoms with Crippen LogP contribution >= 0.6 is 15.9 Å². The molecular formula is C10H10BrNO2S. The molecule has 1 aliphatic carbocycles. The van der Waals surface area contributed by atoms with Crippen molar-refractivity contribution in [3.63, 3.8) is 0 Å². The first-order valence-electron chi connectivity index (χ1n) is 4.84. The van der Waals surface area contributed by atoms with Gasteiger partial charge in [0.15, 0.2) is 9.84 Å². The van der Waals surface area contributed by atoms with Gasteiger partial charge in [0, 0.05) is 11.0 Å². The van der Waals surface area contributed by atoms with Crippen LogP contribution in [0, 0.1) is 0 Å². The van der Waals surface area contributed by atoms with Gasteiger partial charge in [-0.1, -0.05) is 6.07 Å². The minimum atomic E-state index is -3.12. The summed E-state index contributed by atoms with van der Waals surface area (Å²) in [7, 11) is -3.12. The van der Waals surface area contributed by atoms with Gasteiger partial charge in [0.1, 0.15) is 0 Å². The van der Waals surface area contributed by atoms with Crippen LogP contribution in [-0.2, 0) is 9.84 Å². The van der Waals surface area contributed by atoms with E-state index >= 15 is 0 Å². The lowest BCUT2D eigenvalue weighted by molar-refractivity contribution is 0.575. The maximum absolute atomic E-state index is 12.3. The second-order valence-corrected chi connectivity index (χ2v) is 7.32. The van der Waals surface area contributed by atoms with Gasteiger partial charge in [-0.25, -0.2) is 8.42 Å². The highest BCUT2D eigenvalue weighted by Gasteiger charge is 2.57. The Kier molecular flexibility index (Phi) is 1.78. The Labute approximate surface area is 96.9 Å². The number of fused-ring (bicyclic) bond motifs is 1. The van der Waals surface area contributed by atoms with Crippen LogP contribution < -0.4 is 5.32 Å². The minimum absolute atomic E-state index is 0.445. The summed E-state index contributed by atoms with van der Waals surface area (Å²) in [5, 5.41) is 3.21. The molecule has 15 heavy (non-hydrogen) atoms. The molecule has 1 spiro atoms. The average molecular weight is 288 g/mol. The van der Waals surface area contributed by atoms with E-state index in [1.807, 2.05) is 6.07 Å². The summed E-state index contributed by atoms with van der Waals surface area (Å²) in [4.78, 5) is 0.445. The fourth-order valence-corrected chi connectivity index (χ4v) is 4.78. The van der Waals surface area contributed by atoms with E-state index in [4.69, 9.17) is 0 Å². The Morgan fingerprint density at radius 1 is 1.33 bits per heavy atom. The van der Waals surface area contributed by atoms with E-state index in [1.165, 1.54) is 0 Å². The number of hydrogen-bond acceptors (Lipinski definition) is 3. The molecule has 1 aromatic carbocycles. The molecule has 0 bridgehead atoms. The summed E-state index contributed by atoms with van der Waals surface area (Å²) in [5.74, 6) is 0. The zero-order chi connectivity index (χ0) is 10.7. The van der Waals surface area contributed by atoms with Gasteiger partial charge < -0.3 is 5.32 Å². The van der Waals surface area contributed by atoms with Crippen LogP contribution in [0.4, 0.5) is 5.69 Å². The fraction of sp³-hybridized carbons (Fsp3) is 0.400. The third kappa shape index (κ3) is 1.13. The van der Waals surface area contributed by atoms with Crippen molar-refractivity contribution >= 4 is 31.5 Å². The second-order valence-electron chi connectivity index (χ2n) is 4.15. The van der Waals surface area contributed by atoms with Crippen LogP contribution in [0.1, 0.15) is 12.8 Å². The normalized spacial score (nSPS) is 24.3. The molecule has 0 aromatic heterocycles. The van der Waals surface area contributed by atoms with E-state index in [1.54, 1.807) is 12.1 Å². The van der Waals surface area contributed by atoms with Crippen molar-refractivity contribution in [1.29, 1.82) is 0 Å². The van der Waals surface area contributed by atoms with Gasteiger partial charge >= 0.3 is 0 Å². The molecule has 1 N–H and O–H groups in total. The molecule has 3 rings (SSSR count). The molecule has 0 radical (unpaired) electrons. The molecule has 1 saturated carbocycles. The van der Waals surface area contributed by atoms with Gasteiger partial charge in [0.05, 0.1) is 15.3 Å². The Morgan fingerprint density at radius 3 is 2.73 bits per heavy atom. The van der Waals surface area contributed by atoms with Crippen LogP contribution in [0.3, 0.4) is 0 Å². The molecule has 0 amide bonds. The summed E-state index contributed by atoms with van der Waals surface area (Å²) in [5.41, 5.74) is 0.718. The molecule has 1 aromatic rings. The molecule has 0 unspecified atom stereocenters. The van der Waals surface area contributed by atoms with E-state index in [0.29, 0.717) is 11.4 Å². The molecule has 5 heteroatoms. The number of halogens is 1. The van der Waals surface area contributed by atoms with E-state index < -0.39 is 14.6 Å². The van der Waals surface area contributed by atoms with Crippen molar-refractivity contribution in [3.05, 3.63) is 22.7 Å². The number of para-hydroxylation sites is 1. The van der Waals surface area contributed by atoms with E-state index in [-0.39, 0.29) is 0 Å². The number of sulfone groups is 1. The maximum atomic E-state index is 12.3. The molecule has 1 fully saturated rings. The summed E-state index contributed by atoms with van der Waals surface area (Å²) >= 11 is 3.36. The van der Waals surface area contributed by atoms with Gasteiger partial charge in [0.2, 0.25) is 0 Å². The quantitative estimate of drug-likeness (QED) is 0.796. The number of hydrogen-bond donors (Lipinski definition) is 1. The number of anilines is 1. The first-order chi connectivity index (χ1) is 7.07. The van der Waals surface area contributed by atoms with Crippen LogP contribution in [0.25, 0.3) is 0 Å². The molecule has 80 valence electrons. The highest BCUT2D eigenvalue weighted by Crippen LogP contribution is 2.51. The Balaban J connectivity index is 2.29. The largest absolute Gasteiger partial charge is 0.381 e. The standard InChI is InChI=1S/C10H10BrNO2S/c11-7-2-1-3-8-9(7)12-6-10(4-5-10)15(8,13)14/h1-3,12H,4-6H2. The van der Waals surface area contributed by atoms with Gasteiger partial charge in [-0.05, 0) is 40.9 Å². The van der Waals surface area contributed by atoms with E-state index in [0.717, 1.165) is 23.0 Å². The first kappa shape index (κ1) is 9.66. The summed E-state index contributed by atoms with van der Waals surface area (Å²) in [6.07, 6.45) is 1.57. The lowest BCUT2D eigenvalue weighted by atomic mass is 10.3. The van der Waals surface area contributed by atoms with Gasteiger partial charge in [-0.3, -0.25) is 0 Å². The van der Waals surface area contributed by atoms with Crippen LogP contribution in [0.5, 0.6) is 0 Å². The molecule has 3 nitrogen and oxygen atoms in total.